The molecule has 0 aliphatic carbocycles. The van der Waals surface area contributed by atoms with E-state index in [4.69, 9.17) is 5.73 Å². The molecule has 0 aliphatic rings. The molecule has 0 spiro atoms. The third-order valence-corrected chi connectivity index (χ3v) is 5.86. The molecule has 0 saturated carbocycles. The maximum absolute atomic E-state index is 13.2. The maximum atomic E-state index is 13.2. The highest BCUT2D eigenvalue weighted by Crippen LogP contribution is 2.28. The number of thiophene rings is 1. The Labute approximate surface area is 115 Å². The van der Waals surface area contributed by atoms with Gasteiger partial charge in [-0.25, -0.2) is 12.8 Å². The van der Waals surface area contributed by atoms with Crippen LogP contribution in [0.2, 0.25) is 0 Å². The van der Waals surface area contributed by atoms with E-state index >= 15 is 0 Å². The molecule has 0 amide bonds. The summed E-state index contributed by atoms with van der Waals surface area (Å²) in [6.45, 7) is 1.91. The summed E-state index contributed by atoms with van der Waals surface area (Å²) in [5.41, 5.74) is 6.25. The Kier molecular flexibility index (Phi) is 3.77. The maximum Gasteiger partial charge on any atom is 0.273 e. The molecular formula is C12H13FN2O2S2. The SMILES string of the molecule is CCN(c1cccc(F)c1)S(=O)(=O)c1cc(N)cs1. The van der Waals surface area contributed by atoms with E-state index in [9.17, 15) is 12.8 Å². The van der Waals surface area contributed by atoms with Crippen molar-refractivity contribution in [2.45, 2.75) is 11.1 Å². The minimum absolute atomic E-state index is 0.149. The first-order valence-corrected chi connectivity index (χ1v) is 7.89. The first-order valence-electron chi connectivity index (χ1n) is 5.57. The van der Waals surface area contributed by atoms with Crippen LogP contribution in [0.3, 0.4) is 0 Å². The van der Waals surface area contributed by atoms with E-state index in [1.54, 1.807) is 18.4 Å². The van der Waals surface area contributed by atoms with Gasteiger partial charge < -0.3 is 5.73 Å². The zero-order valence-corrected chi connectivity index (χ0v) is 11.8. The number of hydrogen-bond donors (Lipinski definition) is 1. The van der Waals surface area contributed by atoms with Crippen molar-refractivity contribution in [3.63, 3.8) is 0 Å². The number of halogens is 1. The van der Waals surface area contributed by atoms with Crippen molar-refractivity contribution in [3.05, 3.63) is 41.5 Å². The molecule has 0 atom stereocenters. The Balaban J connectivity index is 2.47. The van der Waals surface area contributed by atoms with Crippen LogP contribution in [0.1, 0.15) is 6.92 Å². The summed E-state index contributed by atoms with van der Waals surface area (Å²) in [6, 6.07) is 6.90. The molecule has 1 aromatic carbocycles. The highest BCUT2D eigenvalue weighted by atomic mass is 32.2. The predicted molar refractivity (Wildman–Crippen MR) is 75.3 cm³/mol. The number of rotatable bonds is 4. The van der Waals surface area contributed by atoms with Crippen molar-refractivity contribution in [1.82, 2.24) is 0 Å². The zero-order valence-electron chi connectivity index (χ0n) is 10.2. The Morgan fingerprint density at radius 3 is 2.63 bits per heavy atom. The first-order chi connectivity index (χ1) is 8.95. The van der Waals surface area contributed by atoms with E-state index in [1.165, 1.54) is 24.3 Å². The van der Waals surface area contributed by atoms with Crippen LogP contribution in [0.5, 0.6) is 0 Å². The lowest BCUT2D eigenvalue weighted by molar-refractivity contribution is 0.593. The fourth-order valence-corrected chi connectivity index (χ4v) is 4.35. The Morgan fingerprint density at radius 1 is 1.37 bits per heavy atom. The average molecular weight is 300 g/mol. The van der Waals surface area contributed by atoms with Crippen LogP contribution in [0.25, 0.3) is 0 Å². The van der Waals surface area contributed by atoms with E-state index in [2.05, 4.69) is 0 Å². The third kappa shape index (κ3) is 2.71. The summed E-state index contributed by atoms with van der Waals surface area (Å²) < 4.78 is 39.4. The molecule has 2 N–H and O–H groups in total. The molecule has 0 aliphatic heterocycles. The second-order valence-corrected chi connectivity index (χ2v) is 6.85. The fraction of sp³-hybridized carbons (Fsp3) is 0.167. The van der Waals surface area contributed by atoms with Crippen LogP contribution in [0, 0.1) is 5.82 Å². The van der Waals surface area contributed by atoms with Crippen LogP contribution in [-0.4, -0.2) is 15.0 Å². The summed E-state index contributed by atoms with van der Waals surface area (Å²) in [6.07, 6.45) is 0. The molecule has 4 nitrogen and oxygen atoms in total. The van der Waals surface area contributed by atoms with Crippen LogP contribution >= 0.6 is 11.3 Å². The van der Waals surface area contributed by atoms with Gasteiger partial charge in [0.2, 0.25) is 0 Å². The monoisotopic (exact) mass is 300 g/mol. The van der Waals surface area contributed by atoms with Crippen LogP contribution in [0.15, 0.2) is 39.9 Å². The van der Waals surface area contributed by atoms with Gasteiger partial charge >= 0.3 is 0 Å². The van der Waals surface area contributed by atoms with E-state index in [0.29, 0.717) is 11.4 Å². The van der Waals surface area contributed by atoms with E-state index in [0.717, 1.165) is 15.6 Å². The van der Waals surface area contributed by atoms with Gasteiger partial charge in [-0.1, -0.05) is 6.07 Å². The van der Waals surface area contributed by atoms with Crippen molar-refractivity contribution in [3.8, 4) is 0 Å². The molecule has 0 fully saturated rings. The zero-order chi connectivity index (χ0) is 14.0. The quantitative estimate of drug-likeness (QED) is 0.944. The summed E-state index contributed by atoms with van der Waals surface area (Å²) >= 11 is 1.05. The third-order valence-electron chi connectivity index (χ3n) is 2.52. The van der Waals surface area contributed by atoms with Crippen LogP contribution in [-0.2, 0) is 10.0 Å². The second kappa shape index (κ2) is 5.18. The molecule has 2 aromatic rings. The highest BCUT2D eigenvalue weighted by molar-refractivity contribution is 7.94. The highest BCUT2D eigenvalue weighted by Gasteiger charge is 2.25. The minimum Gasteiger partial charge on any atom is -0.398 e. The Hall–Kier alpha value is -1.60. The normalized spacial score (nSPS) is 11.5. The smallest absolute Gasteiger partial charge is 0.273 e. The number of nitrogens with zero attached hydrogens (tertiary/aromatic N) is 1. The topological polar surface area (TPSA) is 63.4 Å². The number of hydrogen-bond acceptors (Lipinski definition) is 4. The van der Waals surface area contributed by atoms with E-state index in [1.807, 2.05) is 0 Å². The molecule has 102 valence electrons. The number of nitrogens with two attached hydrogens (primary N) is 1. The van der Waals surface area contributed by atoms with Crippen molar-refractivity contribution < 1.29 is 12.8 Å². The van der Waals surface area contributed by atoms with E-state index in [-0.39, 0.29) is 10.8 Å². The van der Waals surface area contributed by atoms with Crippen molar-refractivity contribution in [2.24, 2.45) is 0 Å². The predicted octanol–water partition coefficient (Wildman–Crippen LogP) is 2.68. The molecule has 1 aromatic heterocycles. The number of benzene rings is 1. The van der Waals surface area contributed by atoms with Crippen molar-refractivity contribution in [2.75, 3.05) is 16.6 Å². The lowest BCUT2D eigenvalue weighted by Crippen LogP contribution is -2.30. The van der Waals surface area contributed by atoms with Crippen LogP contribution in [0.4, 0.5) is 15.8 Å². The summed E-state index contributed by atoms with van der Waals surface area (Å²) in [5, 5.41) is 1.56. The molecule has 0 bridgehead atoms. The van der Waals surface area contributed by atoms with Crippen molar-refractivity contribution >= 4 is 32.7 Å². The van der Waals surface area contributed by atoms with Gasteiger partial charge in [0.25, 0.3) is 10.0 Å². The van der Waals surface area contributed by atoms with Crippen LogP contribution < -0.4 is 10.0 Å². The number of anilines is 2. The molecular weight excluding hydrogens is 287 g/mol. The molecule has 19 heavy (non-hydrogen) atoms. The number of nitrogen functional groups attached to an aromatic ring is 1. The molecule has 0 saturated heterocycles. The van der Waals surface area contributed by atoms with Gasteiger partial charge in [0.1, 0.15) is 10.0 Å². The summed E-state index contributed by atoms with van der Waals surface area (Å²) in [5.74, 6) is -0.475. The standard InChI is InChI=1S/C12H13FN2O2S2/c1-2-15(11-5-3-4-9(13)6-11)19(16,17)12-7-10(14)8-18-12/h3-8H,2,14H2,1H3. The molecule has 7 heteroatoms. The number of sulfonamides is 1. The minimum atomic E-state index is -3.69. The summed E-state index contributed by atoms with van der Waals surface area (Å²) in [7, 11) is -3.69. The van der Waals surface area contributed by atoms with Crippen molar-refractivity contribution in [1.29, 1.82) is 0 Å². The molecule has 1 heterocycles. The lowest BCUT2D eigenvalue weighted by Gasteiger charge is -2.21. The fourth-order valence-electron chi connectivity index (χ4n) is 1.70. The van der Waals surface area contributed by atoms with Gasteiger partial charge in [0, 0.05) is 17.6 Å². The Morgan fingerprint density at radius 2 is 2.11 bits per heavy atom. The van der Waals surface area contributed by atoms with Gasteiger partial charge in [-0.2, -0.15) is 0 Å². The average Bonchev–Trinajstić information content (AvgIpc) is 2.77. The lowest BCUT2D eigenvalue weighted by atomic mass is 10.3. The van der Waals surface area contributed by atoms with E-state index < -0.39 is 15.8 Å². The van der Waals surface area contributed by atoms with Gasteiger partial charge in [0.05, 0.1) is 5.69 Å². The van der Waals surface area contributed by atoms with Gasteiger partial charge in [-0.3, -0.25) is 4.31 Å². The summed E-state index contributed by atoms with van der Waals surface area (Å²) in [4.78, 5) is 0. The van der Waals surface area contributed by atoms with Gasteiger partial charge in [-0.15, -0.1) is 11.3 Å². The Bertz CT molecular complexity index is 683. The van der Waals surface area contributed by atoms with Gasteiger partial charge in [-0.05, 0) is 31.2 Å². The molecule has 0 unspecified atom stereocenters. The second-order valence-electron chi connectivity index (χ2n) is 3.85. The molecule has 2 rings (SSSR count). The first kappa shape index (κ1) is 13.8. The molecule has 0 radical (unpaired) electrons. The largest absolute Gasteiger partial charge is 0.398 e. The van der Waals surface area contributed by atoms with Gasteiger partial charge in [0.15, 0.2) is 0 Å².